The SMILES string of the molecule is CCCn1c(=O)[nH]c(=O)c2c(C(=O)NCc3ccc([N+](=O)[O-])cc3)cc(C3CC3)nc21. The van der Waals surface area contributed by atoms with Gasteiger partial charge in [-0.3, -0.25) is 29.3 Å². The van der Waals surface area contributed by atoms with Crippen LogP contribution in [0.2, 0.25) is 0 Å². The molecule has 0 radical (unpaired) electrons. The molecule has 0 aliphatic heterocycles. The van der Waals surface area contributed by atoms with Gasteiger partial charge in [-0.25, -0.2) is 9.78 Å². The highest BCUT2D eigenvalue weighted by Gasteiger charge is 2.28. The number of H-pyrrole nitrogens is 1. The van der Waals surface area contributed by atoms with Gasteiger partial charge in [0, 0.05) is 36.8 Å². The Morgan fingerprint density at radius 2 is 2.00 bits per heavy atom. The first-order valence-electron chi connectivity index (χ1n) is 10.1. The van der Waals surface area contributed by atoms with E-state index < -0.39 is 22.1 Å². The van der Waals surface area contributed by atoms with Gasteiger partial charge in [0.2, 0.25) is 0 Å². The summed E-state index contributed by atoms with van der Waals surface area (Å²) in [6.07, 6.45) is 2.56. The first kappa shape index (κ1) is 20.5. The molecule has 0 spiro atoms. The van der Waals surface area contributed by atoms with E-state index in [4.69, 9.17) is 0 Å². The number of non-ortho nitro benzene ring substituents is 1. The second-order valence-electron chi connectivity index (χ2n) is 7.58. The number of nitrogens with zero attached hydrogens (tertiary/aromatic N) is 3. The topological polar surface area (TPSA) is 140 Å². The minimum absolute atomic E-state index is 0.0373. The summed E-state index contributed by atoms with van der Waals surface area (Å²) in [6, 6.07) is 7.47. The summed E-state index contributed by atoms with van der Waals surface area (Å²) in [5, 5.41) is 13.6. The molecule has 0 atom stereocenters. The van der Waals surface area contributed by atoms with Crippen molar-refractivity contribution in [2.24, 2.45) is 0 Å². The van der Waals surface area contributed by atoms with Crippen molar-refractivity contribution in [1.82, 2.24) is 19.9 Å². The monoisotopic (exact) mass is 423 g/mol. The van der Waals surface area contributed by atoms with E-state index in [-0.39, 0.29) is 34.7 Å². The lowest BCUT2D eigenvalue weighted by atomic mass is 10.1. The number of nitrogens with one attached hydrogen (secondary N) is 2. The van der Waals surface area contributed by atoms with Crippen molar-refractivity contribution in [3.8, 4) is 0 Å². The summed E-state index contributed by atoms with van der Waals surface area (Å²) in [7, 11) is 0. The Morgan fingerprint density at radius 1 is 1.29 bits per heavy atom. The van der Waals surface area contributed by atoms with Crippen LogP contribution >= 0.6 is 0 Å². The second kappa shape index (κ2) is 8.13. The number of carbonyl (C=O) groups excluding carboxylic acids is 1. The summed E-state index contributed by atoms with van der Waals surface area (Å²) >= 11 is 0. The molecular weight excluding hydrogens is 402 g/mol. The lowest BCUT2D eigenvalue weighted by molar-refractivity contribution is -0.384. The highest BCUT2D eigenvalue weighted by atomic mass is 16.6. The maximum Gasteiger partial charge on any atom is 0.329 e. The third-order valence-corrected chi connectivity index (χ3v) is 5.26. The molecule has 0 unspecified atom stereocenters. The molecular formula is C21H21N5O5. The highest BCUT2D eigenvalue weighted by molar-refractivity contribution is 6.05. The van der Waals surface area contributed by atoms with Gasteiger partial charge >= 0.3 is 5.69 Å². The summed E-state index contributed by atoms with van der Waals surface area (Å²) in [4.78, 5) is 55.1. The van der Waals surface area contributed by atoms with Crippen LogP contribution in [-0.2, 0) is 13.1 Å². The zero-order valence-corrected chi connectivity index (χ0v) is 16.9. The molecule has 10 nitrogen and oxygen atoms in total. The van der Waals surface area contributed by atoms with E-state index in [0.29, 0.717) is 24.2 Å². The Morgan fingerprint density at radius 3 is 2.61 bits per heavy atom. The molecule has 2 N–H and O–H groups in total. The molecule has 4 rings (SSSR count). The second-order valence-corrected chi connectivity index (χ2v) is 7.58. The lowest BCUT2D eigenvalue weighted by Crippen LogP contribution is -2.33. The van der Waals surface area contributed by atoms with Crippen LogP contribution < -0.4 is 16.6 Å². The van der Waals surface area contributed by atoms with E-state index in [1.807, 2.05) is 6.92 Å². The van der Waals surface area contributed by atoms with Gasteiger partial charge < -0.3 is 5.32 Å². The van der Waals surface area contributed by atoms with E-state index in [2.05, 4.69) is 15.3 Å². The first-order chi connectivity index (χ1) is 14.9. The number of fused-ring (bicyclic) bond motifs is 1. The van der Waals surface area contributed by atoms with E-state index in [1.54, 1.807) is 18.2 Å². The van der Waals surface area contributed by atoms with Crippen molar-refractivity contribution in [2.75, 3.05) is 0 Å². The van der Waals surface area contributed by atoms with Crippen LogP contribution in [0.4, 0.5) is 5.69 Å². The third-order valence-electron chi connectivity index (χ3n) is 5.26. The minimum Gasteiger partial charge on any atom is -0.348 e. The van der Waals surface area contributed by atoms with E-state index >= 15 is 0 Å². The molecule has 2 heterocycles. The standard InChI is InChI=1S/C21H21N5O5/c1-2-9-25-18-17(20(28)24-21(25)29)15(10-16(23-18)13-5-6-13)19(27)22-11-12-3-7-14(8-4-12)26(30)31/h3-4,7-8,10,13H,2,5-6,9,11H2,1H3,(H,22,27)(H,24,28,29). The molecule has 0 saturated heterocycles. The molecule has 0 bridgehead atoms. The average molecular weight is 423 g/mol. The predicted molar refractivity (Wildman–Crippen MR) is 113 cm³/mol. The molecule has 1 aromatic carbocycles. The van der Waals surface area contributed by atoms with Crippen LogP contribution in [-0.4, -0.2) is 25.4 Å². The molecule has 1 aliphatic carbocycles. The van der Waals surface area contributed by atoms with E-state index in [0.717, 1.165) is 12.8 Å². The normalized spacial score (nSPS) is 13.3. The summed E-state index contributed by atoms with van der Waals surface area (Å²) in [6.45, 7) is 2.41. The predicted octanol–water partition coefficient (Wildman–Crippen LogP) is 2.21. The molecule has 3 aromatic rings. The fraction of sp³-hybridized carbons (Fsp3) is 0.333. The highest BCUT2D eigenvalue weighted by Crippen LogP contribution is 2.39. The van der Waals surface area contributed by atoms with Crippen molar-refractivity contribution in [1.29, 1.82) is 0 Å². The quantitative estimate of drug-likeness (QED) is 0.441. The van der Waals surface area contributed by atoms with Crippen LogP contribution in [0.1, 0.15) is 53.7 Å². The smallest absolute Gasteiger partial charge is 0.329 e. The summed E-state index contributed by atoms with van der Waals surface area (Å²) in [5.74, 6) is -0.255. The molecule has 1 fully saturated rings. The Bertz CT molecular complexity index is 1290. The molecule has 1 amide bonds. The van der Waals surface area contributed by atoms with Crippen LogP contribution in [0.3, 0.4) is 0 Å². The maximum atomic E-state index is 13.0. The number of aryl methyl sites for hydroxylation is 1. The van der Waals surface area contributed by atoms with Gasteiger partial charge in [0.1, 0.15) is 0 Å². The van der Waals surface area contributed by atoms with Crippen LogP contribution in [0.25, 0.3) is 11.0 Å². The molecule has 10 heteroatoms. The number of aromatic amines is 1. The lowest BCUT2D eigenvalue weighted by Gasteiger charge is -2.13. The van der Waals surface area contributed by atoms with Crippen molar-refractivity contribution in [2.45, 2.75) is 45.2 Å². The van der Waals surface area contributed by atoms with Crippen molar-refractivity contribution in [3.63, 3.8) is 0 Å². The van der Waals surface area contributed by atoms with Gasteiger partial charge in [0.05, 0.1) is 15.9 Å². The third kappa shape index (κ3) is 4.09. The van der Waals surface area contributed by atoms with E-state index in [9.17, 15) is 24.5 Å². The summed E-state index contributed by atoms with van der Waals surface area (Å²) < 4.78 is 1.40. The van der Waals surface area contributed by atoms with Crippen LogP contribution in [0, 0.1) is 10.1 Å². The van der Waals surface area contributed by atoms with Gasteiger partial charge in [-0.2, -0.15) is 0 Å². The molecule has 31 heavy (non-hydrogen) atoms. The van der Waals surface area contributed by atoms with Gasteiger partial charge in [-0.05, 0) is 30.9 Å². The number of rotatable bonds is 7. The van der Waals surface area contributed by atoms with Crippen molar-refractivity contribution in [3.05, 3.63) is 78.1 Å². The summed E-state index contributed by atoms with van der Waals surface area (Å²) in [5.41, 5.74) is 0.532. The van der Waals surface area contributed by atoms with Gasteiger partial charge in [0.25, 0.3) is 17.2 Å². The molecule has 2 aromatic heterocycles. The van der Waals surface area contributed by atoms with Gasteiger partial charge in [-0.15, -0.1) is 0 Å². The molecule has 160 valence electrons. The maximum absolute atomic E-state index is 13.0. The van der Waals surface area contributed by atoms with Crippen LogP contribution in [0.5, 0.6) is 0 Å². The Labute approximate surface area is 176 Å². The van der Waals surface area contributed by atoms with E-state index in [1.165, 1.54) is 16.7 Å². The number of pyridine rings is 1. The van der Waals surface area contributed by atoms with Crippen LogP contribution in [0.15, 0.2) is 39.9 Å². The zero-order valence-electron chi connectivity index (χ0n) is 16.9. The number of nitro benzene ring substituents is 1. The average Bonchev–Trinajstić information content (AvgIpc) is 3.59. The fourth-order valence-corrected chi connectivity index (χ4v) is 3.50. The number of amides is 1. The Kier molecular flexibility index (Phi) is 5.37. The molecule has 1 aliphatic rings. The molecule has 1 saturated carbocycles. The Balaban J connectivity index is 1.72. The fourth-order valence-electron chi connectivity index (χ4n) is 3.50. The van der Waals surface area contributed by atoms with Crippen molar-refractivity contribution >= 4 is 22.6 Å². The number of benzene rings is 1. The number of aromatic nitrogens is 3. The Hall–Kier alpha value is -3.82. The van der Waals surface area contributed by atoms with Gasteiger partial charge in [0.15, 0.2) is 5.65 Å². The number of hydrogen-bond acceptors (Lipinski definition) is 6. The largest absolute Gasteiger partial charge is 0.348 e. The first-order valence-corrected chi connectivity index (χ1v) is 10.1. The number of nitro groups is 1. The zero-order chi connectivity index (χ0) is 22.1. The number of carbonyl (C=O) groups is 1. The van der Waals surface area contributed by atoms with Gasteiger partial charge in [-0.1, -0.05) is 19.1 Å². The van der Waals surface area contributed by atoms with Crippen molar-refractivity contribution < 1.29 is 9.72 Å². The minimum atomic E-state index is -0.650. The number of hydrogen-bond donors (Lipinski definition) is 2.